The third-order valence-corrected chi connectivity index (χ3v) is 4.18. The van der Waals surface area contributed by atoms with Crippen molar-refractivity contribution in [1.29, 1.82) is 0 Å². The van der Waals surface area contributed by atoms with E-state index < -0.39 is 0 Å². The van der Waals surface area contributed by atoms with E-state index in [1.807, 2.05) is 0 Å². The van der Waals surface area contributed by atoms with Crippen LogP contribution >= 0.6 is 0 Å². The van der Waals surface area contributed by atoms with Crippen LogP contribution in [0.1, 0.15) is 46.1 Å². The highest BCUT2D eigenvalue weighted by Crippen LogP contribution is 2.19. The highest BCUT2D eigenvalue weighted by atomic mass is 14.9. The standard InChI is InChI=1S/C20H31N/c1-15(2)12-13-20(14-19-10-8-7-9-11-19)21-18(6)17(5)16(3)4/h7-11,16-17,20-21H,1,6,12-14H2,2-5H3. The van der Waals surface area contributed by atoms with E-state index in [9.17, 15) is 0 Å². The van der Waals surface area contributed by atoms with Crippen LogP contribution in [0, 0.1) is 11.8 Å². The third kappa shape index (κ3) is 6.66. The summed E-state index contributed by atoms with van der Waals surface area (Å²) in [4.78, 5) is 0. The lowest BCUT2D eigenvalue weighted by atomic mass is 9.93. The number of allylic oxidation sites excluding steroid dienone is 2. The van der Waals surface area contributed by atoms with Crippen molar-refractivity contribution in [1.82, 2.24) is 5.32 Å². The summed E-state index contributed by atoms with van der Waals surface area (Å²) in [5, 5.41) is 3.67. The van der Waals surface area contributed by atoms with E-state index in [0.29, 0.717) is 17.9 Å². The van der Waals surface area contributed by atoms with Gasteiger partial charge in [0, 0.05) is 11.7 Å². The largest absolute Gasteiger partial charge is 0.386 e. The van der Waals surface area contributed by atoms with Crippen molar-refractivity contribution in [2.75, 3.05) is 0 Å². The first kappa shape index (κ1) is 17.6. The van der Waals surface area contributed by atoms with Crippen molar-refractivity contribution in [3.63, 3.8) is 0 Å². The second-order valence-corrected chi connectivity index (χ2v) is 6.58. The Bertz CT molecular complexity index is 444. The van der Waals surface area contributed by atoms with Gasteiger partial charge in [-0.3, -0.25) is 0 Å². The molecule has 2 atom stereocenters. The Morgan fingerprint density at radius 1 is 1.10 bits per heavy atom. The minimum atomic E-state index is 0.429. The van der Waals surface area contributed by atoms with Crippen LogP contribution in [0.25, 0.3) is 0 Å². The van der Waals surface area contributed by atoms with Gasteiger partial charge in [-0.1, -0.05) is 63.3 Å². The van der Waals surface area contributed by atoms with Gasteiger partial charge >= 0.3 is 0 Å². The average molecular weight is 285 g/mol. The molecular weight excluding hydrogens is 254 g/mol. The van der Waals surface area contributed by atoms with Crippen LogP contribution in [0.4, 0.5) is 0 Å². The topological polar surface area (TPSA) is 12.0 Å². The number of hydrogen-bond acceptors (Lipinski definition) is 1. The third-order valence-electron chi connectivity index (χ3n) is 4.18. The van der Waals surface area contributed by atoms with E-state index in [2.05, 4.69) is 76.5 Å². The number of benzene rings is 1. The number of rotatable bonds is 9. The molecule has 1 nitrogen and oxygen atoms in total. The van der Waals surface area contributed by atoms with Gasteiger partial charge in [0.15, 0.2) is 0 Å². The zero-order valence-electron chi connectivity index (χ0n) is 14.2. The predicted molar refractivity (Wildman–Crippen MR) is 94.3 cm³/mol. The molecule has 1 rings (SSSR count). The Morgan fingerprint density at radius 2 is 1.71 bits per heavy atom. The zero-order chi connectivity index (χ0) is 15.8. The molecule has 0 fully saturated rings. The van der Waals surface area contributed by atoms with Crippen molar-refractivity contribution in [2.24, 2.45) is 11.8 Å². The molecule has 2 unspecified atom stereocenters. The molecule has 1 N–H and O–H groups in total. The van der Waals surface area contributed by atoms with Crippen LogP contribution in [0.15, 0.2) is 54.8 Å². The molecule has 0 saturated heterocycles. The monoisotopic (exact) mass is 285 g/mol. The molecule has 0 amide bonds. The summed E-state index contributed by atoms with van der Waals surface area (Å²) in [6, 6.07) is 11.1. The fourth-order valence-corrected chi connectivity index (χ4v) is 2.34. The fourth-order valence-electron chi connectivity index (χ4n) is 2.34. The van der Waals surface area contributed by atoms with Gasteiger partial charge in [-0.05, 0) is 43.6 Å². The lowest BCUT2D eigenvalue weighted by molar-refractivity contribution is 0.418. The SMILES string of the molecule is C=C(C)CCC(Cc1ccccc1)NC(=C)C(C)C(C)C. The first-order valence-electron chi connectivity index (χ1n) is 8.03. The molecule has 1 heteroatoms. The van der Waals surface area contributed by atoms with Crippen molar-refractivity contribution in [2.45, 2.75) is 53.0 Å². The Morgan fingerprint density at radius 3 is 2.24 bits per heavy atom. The van der Waals surface area contributed by atoms with Crippen LogP contribution in [0.3, 0.4) is 0 Å². The number of hydrogen-bond donors (Lipinski definition) is 1. The molecule has 0 aromatic heterocycles. The van der Waals surface area contributed by atoms with Crippen LogP contribution in [-0.2, 0) is 6.42 Å². The van der Waals surface area contributed by atoms with Crippen molar-refractivity contribution >= 4 is 0 Å². The van der Waals surface area contributed by atoms with Crippen molar-refractivity contribution < 1.29 is 0 Å². The molecule has 0 aliphatic heterocycles. The summed E-state index contributed by atoms with van der Waals surface area (Å²) in [7, 11) is 0. The van der Waals surface area contributed by atoms with Gasteiger partial charge in [0.05, 0.1) is 0 Å². The summed E-state index contributed by atoms with van der Waals surface area (Å²) in [6.45, 7) is 17.1. The average Bonchev–Trinajstić information content (AvgIpc) is 2.44. The van der Waals surface area contributed by atoms with E-state index in [0.717, 1.165) is 25.0 Å². The van der Waals surface area contributed by atoms with Crippen LogP contribution in [-0.4, -0.2) is 6.04 Å². The molecule has 1 aromatic carbocycles. The van der Waals surface area contributed by atoms with Gasteiger partial charge in [0.25, 0.3) is 0 Å². The molecule has 116 valence electrons. The van der Waals surface area contributed by atoms with Crippen LogP contribution in [0.5, 0.6) is 0 Å². The Hall–Kier alpha value is -1.50. The van der Waals surface area contributed by atoms with Crippen LogP contribution < -0.4 is 5.32 Å². The van der Waals surface area contributed by atoms with Gasteiger partial charge < -0.3 is 5.32 Å². The molecule has 21 heavy (non-hydrogen) atoms. The lowest BCUT2D eigenvalue weighted by Gasteiger charge is -2.26. The van der Waals surface area contributed by atoms with Crippen molar-refractivity contribution in [3.8, 4) is 0 Å². The Kier molecular flexibility index (Phi) is 7.28. The van der Waals surface area contributed by atoms with E-state index in [-0.39, 0.29) is 0 Å². The first-order chi connectivity index (χ1) is 9.90. The summed E-state index contributed by atoms with van der Waals surface area (Å²) < 4.78 is 0. The summed E-state index contributed by atoms with van der Waals surface area (Å²) in [5.41, 5.74) is 3.78. The molecule has 1 aromatic rings. The zero-order valence-corrected chi connectivity index (χ0v) is 14.2. The van der Waals surface area contributed by atoms with Gasteiger partial charge in [0.2, 0.25) is 0 Å². The van der Waals surface area contributed by atoms with E-state index in [1.54, 1.807) is 0 Å². The van der Waals surface area contributed by atoms with E-state index in [1.165, 1.54) is 11.1 Å². The highest BCUT2D eigenvalue weighted by Gasteiger charge is 2.16. The van der Waals surface area contributed by atoms with Gasteiger partial charge in [-0.15, -0.1) is 6.58 Å². The molecule has 0 aliphatic rings. The smallest absolute Gasteiger partial charge is 0.0301 e. The van der Waals surface area contributed by atoms with Gasteiger partial charge in [-0.2, -0.15) is 0 Å². The normalized spacial score (nSPS) is 13.8. The number of nitrogens with one attached hydrogen (secondary N) is 1. The fraction of sp³-hybridized carbons (Fsp3) is 0.500. The minimum absolute atomic E-state index is 0.429. The lowest BCUT2D eigenvalue weighted by Crippen LogP contribution is -2.33. The van der Waals surface area contributed by atoms with Crippen molar-refractivity contribution in [3.05, 3.63) is 60.3 Å². The van der Waals surface area contributed by atoms with Crippen LogP contribution in [0.2, 0.25) is 0 Å². The maximum atomic E-state index is 4.25. The minimum Gasteiger partial charge on any atom is -0.386 e. The molecule has 0 heterocycles. The molecule has 0 aliphatic carbocycles. The second kappa shape index (κ2) is 8.71. The van der Waals surface area contributed by atoms with Gasteiger partial charge in [0.1, 0.15) is 0 Å². The predicted octanol–water partition coefficient (Wildman–Crippen LogP) is 5.35. The first-order valence-corrected chi connectivity index (χ1v) is 8.03. The van der Waals surface area contributed by atoms with E-state index >= 15 is 0 Å². The Balaban J connectivity index is 2.68. The maximum absolute atomic E-state index is 4.25. The van der Waals surface area contributed by atoms with Gasteiger partial charge in [-0.25, -0.2) is 0 Å². The molecule has 0 saturated carbocycles. The summed E-state index contributed by atoms with van der Waals surface area (Å²) >= 11 is 0. The Labute approximate surface area is 131 Å². The molecule has 0 radical (unpaired) electrons. The molecule has 0 bridgehead atoms. The maximum Gasteiger partial charge on any atom is 0.0301 e. The summed E-state index contributed by atoms with van der Waals surface area (Å²) in [6.07, 6.45) is 3.21. The second-order valence-electron chi connectivity index (χ2n) is 6.58. The van der Waals surface area contributed by atoms with E-state index in [4.69, 9.17) is 0 Å². The summed E-state index contributed by atoms with van der Waals surface area (Å²) in [5.74, 6) is 1.11. The molecule has 0 spiro atoms. The highest BCUT2D eigenvalue weighted by molar-refractivity contribution is 5.16. The quantitative estimate of drug-likeness (QED) is 0.603. The molecular formula is C20H31N.